The molecular formula is C14H14N4O4S3. The van der Waals surface area contributed by atoms with Gasteiger partial charge in [-0.25, -0.2) is 0 Å². The summed E-state index contributed by atoms with van der Waals surface area (Å²) in [5.41, 5.74) is 5.73. The van der Waals surface area contributed by atoms with Crippen molar-refractivity contribution < 1.29 is 19.1 Å². The number of hydrogen-bond donors (Lipinski definition) is 2. The maximum Gasteiger partial charge on any atom is 0.237 e. The summed E-state index contributed by atoms with van der Waals surface area (Å²) in [4.78, 5) is 23.1. The Morgan fingerprint density at radius 2 is 2.08 bits per heavy atom. The van der Waals surface area contributed by atoms with E-state index in [0.717, 1.165) is 0 Å². The maximum absolute atomic E-state index is 12.3. The first kappa shape index (κ1) is 17.8. The lowest BCUT2D eigenvalue weighted by molar-refractivity contribution is -0.116. The molecule has 2 aromatic rings. The number of nitrogens with zero attached hydrogens (tertiary/aromatic N) is 2. The third-order valence-corrected chi connectivity index (χ3v) is 6.28. The summed E-state index contributed by atoms with van der Waals surface area (Å²) < 4.78 is 11.8. The number of carbonyl (C=O) groups is 2. The third kappa shape index (κ3) is 4.77. The highest BCUT2D eigenvalue weighted by molar-refractivity contribution is 8.04. The molecule has 1 atom stereocenters. The number of aromatic nitrogens is 2. The number of nitrogens with one attached hydrogen (secondary N) is 1. The summed E-state index contributed by atoms with van der Waals surface area (Å²) in [6, 6.07) is 5.23. The van der Waals surface area contributed by atoms with Crippen LogP contribution in [0, 0.1) is 0 Å². The molecule has 1 aromatic heterocycles. The van der Waals surface area contributed by atoms with Gasteiger partial charge in [0.25, 0.3) is 0 Å². The zero-order chi connectivity index (χ0) is 17.8. The molecule has 0 unspecified atom stereocenters. The van der Waals surface area contributed by atoms with Gasteiger partial charge in [0.05, 0.1) is 11.0 Å². The smallest absolute Gasteiger partial charge is 0.237 e. The first-order valence-corrected chi connectivity index (χ1v) is 9.81. The van der Waals surface area contributed by atoms with E-state index in [4.69, 9.17) is 15.2 Å². The number of primary amides is 1. The number of thioether (sulfide) groups is 2. The lowest BCUT2D eigenvalue weighted by Gasteiger charge is -2.10. The molecule has 0 saturated carbocycles. The lowest BCUT2D eigenvalue weighted by Crippen LogP contribution is -2.22. The first-order chi connectivity index (χ1) is 12.0. The van der Waals surface area contributed by atoms with Gasteiger partial charge in [-0.15, -0.1) is 10.2 Å². The molecule has 3 N–H and O–H groups in total. The predicted molar refractivity (Wildman–Crippen MR) is 96.3 cm³/mol. The van der Waals surface area contributed by atoms with Crippen LogP contribution in [0.2, 0.25) is 0 Å². The van der Waals surface area contributed by atoms with Crippen LogP contribution in [-0.2, 0) is 9.59 Å². The van der Waals surface area contributed by atoms with E-state index in [2.05, 4.69) is 15.5 Å². The summed E-state index contributed by atoms with van der Waals surface area (Å²) in [5.74, 6) is 0.851. The average Bonchev–Trinajstić information content (AvgIpc) is 3.21. The minimum Gasteiger partial charge on any atom is -0.454 e. The number of amides is 2. The molecule has 0 saturated heterocycles. The Hall–Kier alpha value is -1.98. The van der Waals surface area contributed by atoms with Crippen LogP contribution in [0.5, 0.6) is 11.5 Å². The topological polar surface area (TPSA) is 116 Å². The first-order valence-electron chi connectivity index (χ1n) is 7.13. The van der Waals surface area contributed by atoms with Gasteiger partial charge in [-0.3, -0.25) is 9.59 Å². The lowest BCUT2D eigenvalue weighted by atomic mass is 10.2. The second-order valence-corrected chi connectivity index (χ2v) is 8.69. The van der Waals surface area contributed by atoms with Crippen molar-refractivity contribution in [1.82, 2.24) is 10.2 Å². The number of carbonyl (C=O) groups excluding carboxylic acids is 2. The molecule has 132 valence electrons. The van der Waals surface area contributed by atoms with Crippen LogP contribution in [0.4, 0.5) is 5.69 Å². The van der Waals surface area contributed by atoms with Gasteiger partial charge < -0.3 is 20.5 Å². The van der Waals surface area contributed by atoms with Crippen LogP contribution in [0.15, 0.2) is 26.9 Å². The van der Waals surface area contributed by atoms with Gasteiger partial charge in [-0.1, -0.05) is 34.9 Å². The van der Waals surface area contributed by atoms with Gasteiger partial charge in [0, 0.05) is 11.8 Å². The van der Waals surface area contributed by atoms with Crippen LogP contribution < -0.4 is 20.5 Å². The highest BCUT2D eigenvalue weighted by Crippen LogP contribution is 2.35. The Morgan fingerprint density at radius 1 is 1.32 bits per heavy atom. The number of nitrogens with two attached hydrogens (primary N) is 1. The Morgan fingerprint density at radius 3 is 2.88 bits per heavy atom. The zero-order valence-corrected chi connectivity index (χ0v) is 15.5. The van der Waals surface area contributed by atoms with E-state index < -0.39 is 5.91 Å². The van der Waals surface area contributed by atoms with E-state index in [-0.39, 0.29) is 23.7 Å². The highest BCUT2D eigenvalue weighted by atomic mass is 32.2. The van der Waals surface area contributed by atoms with Crippen LogP contribution in [-0.4, -0.2) is 39.8 Å². The fourth-order valence-electron chi connectivity index (χ4n) is 1.86. The summed E-state index contributed by atoms with van der Waals surface area (Å²) in [6.45, 7) is 1.97. The maximum atomic E-state index is 12.3. The minimum absolute atomic E-state index is 0.152. The van der Waals surface area contributed by atoms with E-state index in [1.165, 1.54) is 34.9 Å². The molecule has 0 spiro atoms. The minimum atomic E-state index is -0.411. The van der Waals surface area contributed by atoms with Crippen molar-refractivity contribution >= 4 is 52.4 Å². The molecule has 0 fully saturated rings. The normalized spacial score (nSPS) is 13.5. The number of fused-ring (bicyclic) bond motifs is 1. The summed E-state index contributed by atoms with van der Waals surface area (Å²) in [6.07, 6.45) is 0. The van der Waals surface area contributed by atoms with Gasteiger partial charge in [0.15, 0.2) is 20.2 Å². The van der Waals surface area contributed by atoms with E-state index in [0.29, 0.717) is 25.9 Å². The molecule has 0 radical (unpaired) electrons. The average molecular weight is 398 g/mol. The van der Waals surface area contributed by atoms with Crippen molar-refractivity contribution in [2.45, 2.75) is 20.9 Å². The molecule has 2 amide bonds. The predicted octanol–water partition coefficient (Wildman–Crippen LogP) is 1.96. The summed E-state index contributed by atoms with van der Waals surface area (Å²) in [5, 5.41) is 10.4. The van der Waals surface area contributed by atoms with E-state index >= 15 is 0 Å². The van der Waals surface area contributed by atoms with Crippen molar-refractivity contribution in [2.24, 2.45) is 5.73 Å². The molecule has 25 heavy (non-hydrogen) atoms. The van der Waals surface area contributed by atoms with Crippen molar-refractivity contribution in [3.63, 3.8) is 0 Å². The fourth-order valence-corrected chi connectivity index (χ4v) is 4.76. The SMILES string of the molecule is C[C@H](Sc1nnc(SCC(N)=O)s1)C(=O)Nc1ccc2c(c1)OCO2. The summed E-state index contributed by atoms with van der Waals surface area (Å²) >= 11 is 3.85. The van der Waals surface area contributed by atoms with E-state index in [9.17, 15) is 9.59 Å². The standard InChI is InChI=1S/C14H14N4O4S3/c1-7(24-14-18-17-13(25-14)23-5-11(15)19)12(20)16-8-2-3-9-10(4-8)22-6-21-9/h2-4,7H,5-6H2,1H3,(H2,15,19)(H,16,20)/t7-/m0/s1. The van der Waals surface area contributed by atoms with Crippen LogP contribution in [0.25, 0.3) is 0 Å². The van der Waals surface area contributed by atoms with Crippen LogP contribution in [0.3, 0.4) is 0 Å². The number of ether oxygens (including phenoxy) is 2. The van der Waals surface area contributed by atoms with Crippen LogP contribution in [0.1, 0.15) is 6.92 Å². The largest absolute Gasteiger partial charge is 0.454 e. The van der Waals surface area contributed by atoms with Gasteiger partial charge in [0.2, 0.25) is 18.6 Å². The Bertz CT molecular complexity index is 798. The van der Waals surface area contributed by atoms with Crippen molar-refractivity contribution in [3.05, 3.63) is 18.2 Å². The fraction of sp³-hybridized carbons (Fsp3) is 0.286. The molecule has 1 aliphatic heterocycles. The van der Waals surface area contributed by atoms with E-state index in [1.54, 1.807) is 25.1 Å². The number of benzene rings is 1. The van der Waals surface area contributed by atoms with Crippen molar-refractivity contribution in [2.75, 3.05) is 17.9 Å². The third-order valence-electron chi connectivity index (χ3n) is 3.01. The molecule has 0 bridgehead atoms. The Kier molecular flexibility index (Phi) is 5.66. The molecule has 1 aromatic carbocycles. The number of hydrogen-bond acceptors (Lipinski definition) is 9. The second kappa shape index (κ2) is 7.93. The quantitative estimate of drug-likeness (QED) is 0.680. The van der Waals surface area contributed by atoms with E-state index in [1.807, 2.05) is 0 Å². The van der Waals surface area contributed by atoms with Crippen LogP contribution >= 0.6 is 34.9 Å². The zero-order valence-electron chi connectivity index (χ0n) is 13.1. The Labute approximate surface area is 155 Å². The number of anilines is 1. The molecular weight excluding hydrogens is 384 g/mol. The summed E-state index contributed by atoms with van der Waals surface area (Å²) in [7, 11) is 0. The van der Waals surface area contributed by atoms with Crippen molar-refractivity contribution in [1.29, 1.82) is 0 Å². The molecule has 11 heteroatoms. The molecule has 8 nitrogen and oxygen atoms in total. The molecule has 1 aliphatic rings. The number of rotatable bonds is 7. The second-order valence-electron chi connectivity index (χ2n) is 4.91. The molecule has 2 heterocycles. The van der Waals surface area contributed by atoms with Gasteiger partial charge in [-0.05, 0) is 19.1 Å². The van der Waals surface area contributed by atoms with Gasteiger partial charge >= 0.3 is 0 Å². The molecule has 0 aliphatic carbocycles. The van der Waals surface area contributed by atoms with Crippen molar-refractivity contribution in [3.8, 4) is 11.5 Å². The van der Waals surface area contributed by atoms with Gasteiger partial charge in [-0.2, -0.15) is 0 Å². The Balaban J connectivity index is 1.55. The monoisotopic (exact) mass is 398 g/mol. The molecule has 3 rings (SSSR count). The highest BCUT2D eigenvalue weighted by Gasteiger charge is 2.19. The van der Waals surface area contributed by atoms with Gasteiger partial charge in [0.1, 0.15) is 0 Å².